The number of thiophene rings is 3. The molecule has 0 amide bonds. The van der Waals surface area contributed by atoms with Crippen molar-refractivity contribution >= 4 is 49.7 Å². The number of fused-ring (bicyclic) bond motifs is 3. The fraction of sp³-hybridized carbons (Fsp3) is 0.600. The van der Waals surface area contributed by atoms with Crippen LogP contribution in [-0.4, -0.2) is 15.0 Å². The highest BCUT2D eigenvalue weighted by Crippen LogP contribution is 2.53. The molecule has 0 saturated carbocycles. The standard InChI is InChI=1S/C30H43NO2S4/c1-5-7-9-11-12-14-16-24(15-13-10-8-6-2)21-31-25-20-27(26-18-17-22(3)34-26)36-29(25)30-28(37(31,32)33)19-23(4)35-30/h17-20,24H,5-16,21H2,1-4H3. The molecule has 1 atom stereocenters. The van der Waals surface area contributed by atoms with E-state index < -0.39 is 10.0 Å². The zero-order valence-corrected chi connectivity index (χ0v) is 26.2. The van der Waals surface area contributed by atoms with Crippen molar-refractivity contribution in [3.8, 4) is 19.5 Å². The monoisotopic (exact) mass is 577 g/mol. The molecule has 7 heteroatoms. The Morgan fingerprint density at radius 1 is 0.730 bits per heavy atom. The molecule has 0 spiro atoms. The molecule has 0 saturated heterocycles. The van der Waals surface area contributed by atoms with Gasteiger partial charge in [0.15, 0.2) is 0 Å². The summed E-state index contributed by atoms with van der Waals surface area (Å²) in [6.45, 7) is 9.26. The summed E-state index contributed by atoms with van der Waals surface area (Å²) < 4.78 is 29.9. The van der Waals surface area contributed by atoms with Crippen LogP contribution in [0.3, 0.4) is 0 Å². The summed E-state index contributed by atoms with van der Waals surface area (Å²) in [6, 6.07) is 8.37. The summed E-state index contributed by atoms with van der Waals surface area (Å²) in [7, 11) is -3.56. The summed E-state index contributed by atoms with van der Waals surface area (Å²) in [6.07, 6.45) is 14.9. The van der Waals surface area contributed by atoms with Crippen LogP contribution in [0.4, 0.5) is 5.69 Å². The molecular formula is C30H43NO2S4. The van der Waals surface area contributed by atoms with E-state index in [9.17, 15) is 8.42 Å². The van der Waals surface area contributed by atoms with Gasteiger partial charge in [0.1, 0.15) is 4.90 Å². The molecule has 4 rings (SSSR count). The molecule has 0 N–H and O–H groups in total. The van der Waals surface area contributed by atoms with E-state index in [1.165, 1.54) is 78.8 Å². The highest BCUT2D eigenvalue weighted by molar-refractivity contribution is 7.93. The molecule has 1 aliphatic rings. The molecule has 1 unspecified atom stereocenters. The van der Waals surface area contributed by atoms with Gasteiger partial charge in [-0.3, -0.25) is 4.31 Å². The largest absolute Gasteiger partial charge is 0.265 e. The maximum Gasteiger partial charge on any atom is 0.265 e. The molecule has 3 aromatic heterocycles. The lowest BCUT2D eigenvalue weighted by atomic mass is 9.94. The number of rotatable bonds is 15. The molecule has 0 aliphatic carbocycles. The van der Waals surface area contributed by atoms with Crippen LogP contribution < -0.4 is 4.31 Å². The summed E-state index contributed by atoms with van der Waals surface area (Å²) in [5, 5.41) is 0. The summed E-state index contributed by atoms with van der Waals surface area (Å²) >= 11 is 5.16. The Balaban J connectivity index is 1.61. The van der Waals surface area contributed by atoms with Crippen LogP contribution in [0.1, 0.15) is 101 Å². The van der Waals surface area contributed by atoms with E-state index >= 15 is 0 Å². The number of hydrogen-bond acceptors (Lipinski definition) is 5. The first-order chi connectivity index (χ1) is 17.8. The second-order valence-corrected chi connectivity index (χ2v) is 16.0. The third kappa shape index (κ3) is 6.90. The third-order valence-electron chi connectivity index (χ3n) is 7.42. The van der Waals surface area contributed by atoms with Gasteiger partial charge in [0.05, 0.1) is 15.4 Å². The number of anilines is 1. The van der Waals surface area contributed by atoms with Gasteiger partial charge in [-0.05, 0) is 56.9 Å². The van der Waals surface area contributed by atoms with Crippen LogP contribution in [0, 0.1) is 19.8 Å². The van der Waals surface area contributed by atoms with Crippen LogP contribution in [0.25, 0.3) is 19.5 Å². The Kier molecular flexibility index (Phi) is 10.3. The summed E-state index contributed by atoms with van der Waals surface area (Å²) in [5.41, 5.74) is 0.905. The van der Waals surface area contributed by atoms with Crippen LogP contribution in [0.5, 0.6) is 0 Å². The van der Waals surface area contributed by atoms with Crippen LogP contribution in [0.2, 0.25) is 0 Å². The first-order valence-electron chi connectivity index (χ1n) is 14.2. The van der Waals surface area contributed by atoms with E-state index in [1.807, 2.05) is 13.0 Å². The minimum atomic E-state index is -3.56. The van der Waals surface area contributed by atoms with Gasteiger partial charge in [-0.25, -0.2) is 8.42 Å². The van der Waals surface area contributed by atoms with Gasteiger partial charge in [-0.2, -0.15) is 0 Å². The average molecular weight is 578 g/mol. The summed E-state index contributed by atoms with van der Waals surface area (Å²) in [4.78, 5) is 7.33. The van der Waals surface area contributed by atoms with E-state index in [-0.39, 0.29) is 0 Å². The van der Waals surface area contributed by atoms with Crippen molar-refractivity contribution in [1.82, 2.24) is 0 Å². The maximum absolute atomic E-state index is 14.0. The Morgan fingerprint density at radius 3 is 2.03 bits per heavy atom. The van der Waals surface area contributed by atoms with Crippen molar-refractivity contribution < 1.29 is 8.42 Å². The smallest absolute Gasteiger partial charge is 0.264 e. The van der Waals surface area contributed by atoms with Crippen molar-refractivity contribution in [2.24, 2.45) is 5.92 Å². The average Bonchev–Trinajstić information content (AvgIpc) is 3.59. The van der Waals surface area contributed by atoms with Crippen molar-refractivity contribution in [3.63, 3.8) is 0 Å². The normalized spacial score (nSPS) is 15.1. The molecule has 0 bridgehead atoms. The molecule has 3 nitrogen and oxygen atoms in total. The SMILES string of the molecule is CCCCCCCCC(CCCCCC)CN1c2cc(-c3ccc(C)s3)sc2-c2sc(C)cc2S1(=O)=O. The van der Waals surface area contributed by atoms with E-state index in [0.29, 0.717) is 17.4 Å². The van der Waals surface area contributed by atoms with Gasteiger partial charge >= 0.3 is 0 Å². The Hall–Kier alpha value is -1.15. The molecule has 3 aromatic rings. The maximum atomic E-state index is 14.0. The first kappa shape index (κ1) is 28.8. The van der Waals surface area contributed by atoms with E-state index in [1.54, 1.807) is 38.3 Å². The lowest BCUT2D eigenvalue weighted by molar-refractivity contribution is 0.411. The second kappa shape index (κ2) is 13.3. The molecule has 37 heavy (non-hydrogen) atoms. The zero-order valence-electron chi connectivity index (χ0n) is 23.0. The van der Waals surface area contributed by atoms with Crippen molar-refractivity contribution in [2.45, 2.75) is 110 Å². The molecule has 1 aliphatic heterocycles. The minimum absolute atomic E-state index is 0.402. The van der Waals surface area contributed by atoms with Gasteiger partial charge in [0.25, 0.3) is 10.0 Å². The van der Waals surface area contributed by atoms with Crippen LogP contribution in [0.15, 0.2) is 29.2 Å². The highest BCUT2D eigenvalue weighted by atomic mass is 32.2. The fourth-order valence-corrected chi connectivity index (χ4v) is 10.9. The van der Waals surface area contributed by atoms with Gasteiger partial charge < -0.3 is 0 Å². The first-order valence-corrected chi connectivity index (χ1v) is 18.1. The molecule has 204 valence electrons. The van der Waals surface area contributed by atoms with E-state index in [2.05, 4.69) is 39.0 Å². The minimum Gasteiger partial charge on any atom is -0.264 e. The number of unbranched alkanes of at least 4 members (excludes halogenated alkanes) is 8. The van der Waals surface area contributed by atoms with Gasteiger partial charge in [0.2, 0.25) is 0 Å². The number of nitrogens with zero attached hydrogens (tertiary/aromatic N) is 1. The fourth-order valence-electron chi connectivity index (χ4n) is 5.34. The quantitative estimate of drug-likeness (QED) is 0.168. The Morgan fingerprint density at radius 2 is 1.38 bits per heavy atom. The highest BCUT2D eigenvalue weighted by Gasteiger charge is 2.39. The van der Waals surface area contributed by atoms with Crippen molar-refractivity contribution in [2.75, 3.05) is 10.8 Å². The number of sulfonamides is 1. The Bertz CT molecular complexity index is 1250. The van der Waals surface area contributed by atoms with Gasteiger partial charge in [-0.15, -0.1) is 34.0 Å². The van der Waals surface area contributed by atoms with Crippen LogP contribution in [-0.2, 0) is 10.0 Å². The molecule has 4 heterocycles. The van der Waals surface area contributed by atoms with Gasteiger partial charge in [-0.1, -0.05) is 78.1 Å². The van der Waals surface area contributed by atoms with Gasteiger partial charge in [0, 0.05) is 26.1 Å². The predicted molar refractivity (Wildman–Crippen MR) is 165 cm³/mol. The second-order valence-electron chi connectivity index (χ2n) is 10.6. The molecule has 0 radical (unpaired) electrons. The lowest BCUT2D eigenvalue weighted by Crippen LogP contribution is -2.37. The topological polar surface area (TPSA) is 37.4 Å². The molecular weight excluding hydrogens is 535 g/mol. The molecule has 0 fully saturated rings. The summed E-state index contributed by atoms with van der Waals surface area (Å²) in [5.74, 6) is 0.402. The zero-order chi connectivity index (χ0) is 26.4. The number of hydrogen-bond donors (Lipinski definition) is 0. The van der Waals surface area contributed by atoms with Crippen LogP contribution >= 0.6 is 34.0 Å². The van der Waals surface area contributed by atoms with E-state index in [4.69, 9.17) is 0 Å². The van der Waals surface area contributed by atoms with Crippen molar-refractivity contribution in [3.05, 3.63) is 34.0 Å². The van der Waals surface area contributed by atoms with Crippen molar-refractivity contribution in [1.29, 1.82) is 0 Å². The lowest BCUT2D eigenvalue weighted by Gasteiger charge is -2.32. The van der Waals surface area contributed by atoms with E-state index in [0.717, 1.165) is 33.2 Å². The third-order valence-corrected chi connectivity index (χ3v) is 12.9. The number of aryl methyl sites for hydroxylation is 2. The molecule has 0 aromatic carbocycles. The Labute approximate surface area is 237 Å². The predicted octanol–water partition coefficient (Wildman–Crippen LogP) is 10.7.